The fourth-order valence-electron chi connectivity index (χ4n) is 3.13. The summed E-state index contributed by atoms with van der Waals surface area (Å²) in [7, 11) is 3.15. The van der Waals surface area contributed by atoms with Gasteiger partial charge in [-0.05, 0) is 56.2 Å². The maximum Gasteiger partial charge on any atom is 0.234 e. The topological polar surface area (TPSA) is 60.5 Å². The van der Waals surface area contributed by atoms with E-state index in [9.17, 15) is 4.79 Å². The van der Waals surface area contributed by atoms with Crippen LogP contribution in [0.5, 0.6) is 11.5 Å². The van der Waals surface area contributed by atoms with Crippen LogP contribution >= 0.6 is 11.8 Å². The number of pyridine rings is 1. The molecule has 3 aromatic rings. The molecule has 28 heavy (non-hydrogen) atoms. The van der Waals surface area contributed by atoms with Crippen LogP contribution in [0.25, 0.3) is 10.9 Å². The average molecular weight is 397 g/mol. The van der Waals surface area contributed by atoms with E-state index in [1.54, 1.807) is 32.4 Å². The van der Waals surface area contributed by atoms with Crippen molar-refractivity contribution in [1.82, 2.24) is 4.98 Å². The molecule has 1 N–H and O–H groups in total. The Bertz CT molecular complexity index is 1030. The number of carbonyl (C=O) groups is 1. The Morgan fingerprint density at radius 2 is 1.82 bits per heavy atom. The standard InChI is InChI=1S/C22H24N2O3S/c1-13-8-15(3)22-17(9-13)14(2)10-21(24-22)28-12-20(25)23-18-11-16(26-4)6-7-19(18)27-5/h6-11H,12H2,1-5H3,(H,23,25). The van der Waals surface area contributed by atoms with E-state index < -0.39 is 0 Å². The number of ether oxygens (including phenoxy) is 2. The first kappa shape index (κ1) is 20.0. The number of benzene rings is 2. The molecule has 0 aliphatic rings. The molecule has 0 aliphatic heterocycles. The van der Waals surface area contributed by atoms with Crippen LogP contribution < -0.4 is 14.8 Å². The fourth-order valence-corrected chi connectivity index (χ4v) is 3.89. The number of methoxy groups -OCH3 is 2. The smallest absolute Gasteiger partial charge is 0.234 e. The molecule has 5 nitrogen and oxygen atoms in total. The molecule has 0 fully saturated rings. The third kappa shape index (κ3) is 4.39. The second-order valence-electron chi connectivity index (χ2n) is 6.66. The molecular weight excluding hydrogens is 372 g/mol. The van der Waals surface area contributed by atoms with E-state index in [-0.39, 0.29) is 11.7 Å². The molecule has 0 saturated heterocycles. The van der Waals surface area contributed by atoms with E-state index >= 15 is 0 Å². The second kappa shape index (κ2) is 8.52. The highest BCUT2D eigenvalue weighted by Gasteiger charge is 2.12. The van der Waals surface area contributed by atoms with Gasteiger partial charge in [0.2, 0.25) is 5.91 Å². The second-order valence-corrected chi connectivity index (χ2v) is 7.65. The van der Waals surface area contributed by atoms with Crippen LogP contribution in [0.1, 0.15) is 16.7 Å². The number of nitrogens with one attached hydrogen (secondary N) is 1. The molecule has 0 unspecified atom stereocenters. The monoisotopic (exact) mass is 396 g/mol. The highest BCUT2D eigenvalue weighted by atomic mass is 32.2. The molecule has 0 saturated carbocycles. The summed E-state index contributed by atoms with van der Waals surface area (Å²) in [5.41, 5.74) is 5.10. The van der Waals surface area contributed by atoms with Gasteiger partial charge in [0.05, 0.1) is 36.2 Å². The highest BCUT2D eigenvalue weighted by Crippen LogP contribution is 2.30. The lowest BCUT2D eigenvalue weighted by Gasteiger charge is -2.12. The SMILES string of the molecule is COc1ccc(OC)c(NC(=O)CSc2cc(C)c3cc(C)cc(C)c3n2)c1. The van der Waals surface area contributed by atoms with Crippen molar-refractivity contribution in [3.63, 3.8) is 0 Å². The zero-order chi connectivity index (χ0) is 20.3. The highest BCUT2D eigenvalue weighted by molar-refractivity contribution is 7.99. The third-order valence-corrected chi connectivity index (χ3v) is 5.37. The van der Waals surface area contributed by atoms with Crippen molar-refractivity contribution in [1.29, 1.82) is 0 Å². The predicted molar refractivity (Wildman–Crippen MR) is 115 cm³/mol. The van der Waals surface area contributed by atoms with E-state index in [1.807, 2.05) is 6.07 Å². The number of aromatic nitrogens is 1. The first-order valence-electron chi connectivity index (χ1n) is 8.94. The van der Waals surface area contributed by atoms with E-state index in [0.29, 0.717) is 17.2 Å². The van der Waals surface area contributed by atoms with Gasteiger partial charge in [-0.15, -0.1) is 0 Å². The number of amides is 1. The van der Waals surface area contributed by atoms with Crippen LogP contribution in [0.2, 0.25) is 0 Å². The summed E-state index contributed by atoms with van der Waals surface area (Å²) in [6, 6.07) is 11.6. The van der Waals surface area contributed by atoms with Gasteiger partial charge in [-0.3, -0.25) is 4.79 Å². The molecular formula is C22H24N2O3S. The Balaban J connectivity index is 1.75. The van der Waals surface area contributed by atoms with Crippen molar-refractivity contribution in [2.75, 3.05) is 25.3 Å². The molecule has 0 aliphatic carbocycles. The van der Waals surface area contributed by atoms with Gasteiger partial charge >= 0.3 is 0 Å². The zero-order valence-corrected chi connectivity index (χ0v) is 17.6. The Kier molecular flexibility index (Phi) is 6.09. The van der Waals surface area contributed by atoms with Gasteiger partial charge in [0.1, 0.15) is 11.5 Å². The number of aryl methyl sites for hydroxylation is 3. The van der Waals surface area contributed by atoms with Gasteiger partial charge in [-0.25, -0.2) is 4.98 Å². The summed E-state index contributed by atoms with van der Waals surface area (Å²) >= 11 is 1.42. The molecule has 1 amide bonds. The fraction of sp³-hybridized carbons (Fsp3) is 0.273. The molecule has 2 aromatic carbocycles. The van der Waals surface area contributed by atoms with Gasteiger partial charge in [0.25, 0.3) is 0 Å². The number of anilines is 1. The first-order chi connectivity index (χ1) is 13.4. The average Bonchev–Trinajstić information content (AvgIpc) is 2.67. The number of hydrogen-bond donors (Lipinski definition) is 1. The van der Waals surface area contributed by atoms with Crippen molar-refractivity contribution in [2.45, 2.75) is 25.8 Å². The summed E-state index contributed by atoms with van der Waals surface area (Å²) in [6.45, 7) is 6.23. The van der Waals surface area contributed by atoms with E-state index in [1.165, 1.54) is 17.3 Å². The molecule has 3 rings (SSSR count). The normalized spacial score (nSPS) is 10.8. The first-order valence-corrected chi connectivity index (χ1v) is 9.93. The van der Waals surface area contributed by atoms with E-state index in [0.717, 1.165) is 27.1 Å². The third-order valence-electron chi connectivity index (χ3n) is 4.46. The summed E-state index contributed by atoms with van der Waals surface area (Å²) < 4.78 is 10.5. The molecule has 0 bridgehead atoms. The van der Waals surface area contributed by atoms with Crippen molar-refractivity contribution in [2.24, 2.45) is 0 Å². The Morgan fingerprint density at radius 1 is 1.04 bits per heavy atom. The zero-order valence-electron chi connectivity index (χ0n) is 16.8. The molecule has 6 heteroatoms. The number of fused-ring (bicyclic) bond motifs is 1. The molecule has 146 valence electrons. The summed E-state index contributed by atoms with van der Waals surface area (Å²) in [6.07, 6.45) is 0. The quantitative estimate of drug-likeness (QED) is 0.600. The predicted octanol–water partition coefficient (Wildman–Crippen LogP) is 4.91. The number of rotatable bonds is 6. The van der Waals surface area contributed by atoms with Gasteiger partial charge < -0.3 is 14.8 Å². The number of nitrogens with zero attached hydrogens (tertiary/aromatic N) is 1. The lowest BCUT2D eigenvalue weighted by atomic mass is 10.0. The van der Waals surface area contributed by atoms with Crippen molar-refractivity contribution < 1.29 is 14.3 Å². The number of thioether (sulfide) groups is 1. The van der Waals surface area contributed by atoms with E-state index in [4.69, 9.17) is 14.5 Å². The number of hydrogen-bond acceptors (Lipinski definition) is 5. The van der Waals surface area contributed by atoms with Crippen molar-refractivity contribution in [3.05, 3.63) is 53.1 Å². The van der Waals surface area contributed by atoms with E-state index in [2.05, 4.69) is 38.2 Å². The van der Waals surface area contributed by atoms with Crippen LogP contribution in [0.3, 0.4) is 0 Å². The van der Waals surface area contributed by atoms with Crippen LogP contribution in [-0.4, -0.2) is 30.9 Å². The molecule has 1 heterocycles. The largest absolute Gasteiger partial charge is 0.497 e. The van der Waals surface area contributed by atoms with Gasteiger partial charge in [0.15, 0.2) is 0 Å². The Morgan fingerprint density at radius 3 is 2.54 bits per heavy atom. The summed E-state index contributed by atoms with van der Waals surface area (Å²) in [4.78, 5) is 17.2. The maximum atomic E-state index is 12.5. The molecule has 0 spiro atoms. The minimum atomic E-state index is -0.128. The molecule has 0 atom stereocenters. The molecule has 0 radical (unpaired) electrons. The van der Waals surface area contributed by atoms with Crippen molar-refractivity contribution >= 4 is 34.3 Å². The lowest BCUT2D eigenvalue weighted by molar-refractivity contribution is -0.113. The van der Waals surface area contributed by atoms with Crippen LogP contribution in [0, 0.1) is 20.8 Å². The summed E-state index contributed by atoms with van der Waals surface area (Å²) in [5, 5.41) is 4.88. The van der Waals surface area contributed by atoms with Gasteiger partial charge in [0, 0.05) is 11.5 Å². The van der Waals surface area contributed by atoms with Crippen LogP contribution in [-0.2, 0) is 4.79 Å². The Labute approximate surface area is 169 Å². The van der Waals surface area contributed by atoms with Gasteiger partial charge in [-0.1, -0.05) is 23.4 Å². The van der Waals surface area contributed by atoms with Crippen LogP contribution in [0.4, 0.5) is 5.69 Å². The summed E-state index contributed by atoms with van der Waals surface area (Å²) in [5.74, 6) is 1.37. The lowest BCUT2D eigenvalue weighted by Crippen LogP contribution is -2.15. The molecule has 1 aromatic heterocycles. The van der Waals surface area contributed by atoms with Gasteiger partial charge in [-0.2, -0.15) is 0 Å². The Hall–Kier alpha value is -2.73. The minimum Gasteiger partial charge on any atom is -0.497 e. The minimum absolute atomic E-state index is 0.128. The van der Waals surface area contributed by atoms with Crippen LogP contribution in [0.15, 0.2) is 41.4 Å². The van der Waals surface area contributed by atoms with Crippen molar-refractivity contribution in [3.8, 4) is 11.5 Å². The maximum absolute atomic E-state index is 12.5. The number of carbonyl (C=O) groups excluding carboxylic acids is 1.